The van der Waals surface area contributed by atoms with Gasteiger partial charge < -0.3 is 15.4 Å². The summed E-state index contributed by atoms with van der Waals surface area (Å²) in [7, 11) is 5.58. The van der Waals surface area contributed by atoms with Gasteiger partial charge in [-0.3, -0.25) is 0 Å². The lowest BCUT2D eigenvalue weighted by Gasteiger charge is -2.12. The Balaban J connectivity index is 2.74. The van der Waals surface area contributed by atoms with E-state index in [9.17, 15) is 0 Å². The fourth-order valence-electron chi connectivity index (χ4n) is 1.44. The van der Waals surface area contributed by atoms with E-state index in [1.54, 1.807) is 7.11 Å². The average Bonchev–Trinajstić information content (AvgIpc) is 2.62. The highest BCUT2D eigenvalue weighted by Crippen LogP contribution is 2.36. The van der Waals surface area contributed by atoms with Gasteiger partial charge in [0, 0.05) is 14.1 Å². The zero-order valence-corrected chi connectivity index (χ0v) is 9.76. The fraction of sp³-hybridized carbons (Fsp3) is 0.300. The summed E-state index contributed by atoms with van der Waals surface area (Å²) in [6.07, 6.45) is 0. The quantitative estimate of drug-likeness (QED) is 0.791. The summed E-state index contributed by atoms with van der Waals surface area (Å²) in [4.78, 5) is 6.40. The molecule has 0 unspecified atom stereocenters. The van der Waals surface area contributed by atoms with Gasteiger partial charge in [0.05, 0.1) is 23.2 Å². The second-order valence-corrected chi connectivity index (χ2v) is 4.39. The molecule has 80 valence electrons. The molecule has 1 aromatic heterocycles. The van der Waals surface area contributed by atoms with Crippen molar-refractivity contribution in [3.63, 3.8) is 0 Å². The summed E-state index contributed by atoms with van der Waals surface area (Å²) in [6, 6.07) is 3.87. The number of anilines is 2. The first kappa shape index (κ1) is 10.0. The van der Waals surface area contributed by atoms with E-state index in [0.717, 1.165) is 21.6 Å². The van der Waals surface area contributed by atoms with Crippen LogP contribution in [0.4, 0.5) is 11.4 Å². The number of nitrogens with zero attached hydrogens (tertiary/aromatic N) is 2. The van der Waals surface area contributed by atoms with Crippen molar-refractivity contribution in [2.75, 3.05) is 31.8 Å². The zero-order valence-electron chi connectivity index (χ0n) is 8.94. The monoisotopic (exact) mass is 223 g/mol. The van der Waals surface area contributed by atoms with Crippen LogP contribution in [0.3, 0.4) is 0 Å². The van der Waals surface area contributed by atoms with Crippen LogP contribution in [0.5, 0.6) is 5.19 Å². The maximum absolute atomic E-state index is 5.89. The number of rotatable bonds is 2. The highest BCUT2D eigenvalue weighted by molar-refractivity contribution is 7.20. The van der Waals surface area contributed by atoms with E-state index in [2.05, 4.69) is 4.98 Å². The molecule has 0 fully saturated rings. The number of fused-ring (bicyclic) bond motifs is 1. The summed E-state index contributed by atoms with van der Waals surface area (Å²) in [6.45, 7) is 0. The van der Waals surface area contributed by atoms with Crippen molar-refractivity contribution in [3.8, 4) is 5.19 Å². The van der Waals surface area contributed by atoms with Crippen LogP contribution >= 0.6 is 11.3 Å². The molecule has 15 heavy (non-hydrogen) atoms. The van der Waals surface area contributed by atoms with Crippen LogP contribution in [0.15, 0.2) is 12.1 Å². The normalized spacial score (nSPS) is 10.6. The van der Waals surface area contributed by atoms with Gasteiger partial charge in [0.2, 0.25) is 0 Å². The highest BCUT2D eigenvalue weighted by atomic mass is 32.1. The fourth-order valence-corrected chi connectivity index (χ4v) is 2.27. The van der Waals surface area contributed by atoms with E-state index in [0.29, 0.717) is 5.19 Å². The van der Waals surface area contributed by atoms with Gasteiger partial charge in [-0.05, 0) is 12.1 Å². The van der Waals surface area contributed by atoms with Crippen LogP contribution < -0.4 is 15.4 Å². The molecule has 0 radical (unpaired) electrons. The van der Waals surface area contributed by atoms with E-state index >= 15 is 0 Å². The highest BCUT2D eigenvalue weighted by Gasteiger charge is 2.12. The molecule has 2 rings (SSSR count). The van der Waals surface area contributed by atoms with Gasteiger partial charge in [0.15, 0.2) is 0 Å². The van der Waals surface area contributed by atoms with Crippen LogP contribution in [0.25, 0.3) is 10.2 Å². The molecule has 0 aliphatic heterocycles. The summed E-state index contributed by atoms with van der Waals surface area (Å²) >= 11 is 1.47. The third kappa shape index (κ3) is 1.59. The SMILES string of the molecule is COc1nc2c(N(C)C)ccc(N)c2s1. The lowest BCUT2D eigenvalue weighted by Crippen LogP contribution is -2.09. The van der Waals surface area contributed by atoms with Crippen molar-refractivity contribution in [1.82, 2.24) is 4.98 Å². The third-order valence-electron chi connectivity index (χ3n) is 2.19. The minimum absolute atomic E-state index is 0.644. The van der Waals surface area contributed by atoms with Gasteiger partial charge in [-0.1, -0.05) is 11.3 Å². The van der Waals surface area contributed by atoms with Gasteiger partial charge in [0.25, 0.3) is 5.19 Å². The van der Waals surface area contributed by atoms with Crippen molar-refractivity contribution in [2.45, 2.75) is 0 Å². The van der Waals surface area contributed by atoms with Crippen molar-refractivity contribution in [1.29, 1.82) is 0 Å². The Hall–Kier alpha value is -1.49. The Kier molecular flexibility index (Phi) is 2.40. The first-order valence-corrected chi connectivity index (χ1v) is 5.35. The molecule has 1 heterocycles. The molecular weight excluding hydrogens is 210 g/mol. The molecular formula is C10H13N3OS. The number of hydrogen-bond donors (Lipinski definition) is 1. The molecule has 4 nitrogen and oxygen atoms in total. The number of nitrogens with two attached hydrogens (primary N) is 1. The maximum atomic E-state index is 5.89. The number of thiazole rings is 1. The Morgan fingerprint density at radius 3 is 2.73 bits per heavy atom. The number of benzene rings is 1. The molecule has 0 amide bonds. The molecule has 2 aromatic rings. The van der Waals surface area contributed by atoms with Crippen molar-refractivity contribution in [3.05, 3.63) is 12.1 Å². The smallest absolute Gasteiger partial charge is 0.274 e. The molecule has 5 heteroatoms. The standard InChI is InChI=1S/C10H13N3OS/c1-13(2)7-5-4-6(11)9-8(7)12-10(14-3)15-9/h4-5H,11H2,1-3H3. The molecule has 0 bridgehead atoms. The minimum atomic E-state index is 0.644. The second kappa shape index (κ2) is 3.58. The van der Waals surface area contributed by atoms with Gasteiger partial charge in [-0.15, -0.1) is 0 Å². The van der Waals surface area contributed by atoms with Crippen LogP contribution in [-0.4, -0.2) is 26.2 Å². The lowest BCUT2D eigenvalue weighted by molar-refractivity contribution is 0.413. The van der Waals surface area contributed by atoms with Gasteiger partial charge in [-0.25, -0.2) is 4.98 Å². The van der Waals surface area contributed by atoms with Crippen molar-refractivity contribution in [2.24, 2.45) is 0 Å². The van der Waals surface area contributed by atoms with Crippen molar-refractivity contribution < 1.29 is 4.74 Å². The molecule has 0 aliphatic carbocycles. The molecule has 0 saturated heterocycles. The average molecular weight is 223 g/mol. The molecule has 0 spiro atoms. The lowest BCUT2D eigenvalue weighted by atomic mass is 10.2. The van der Waals surface area contributed by atoms with Gasteiger partial charge in [0.1, 0.15) is 5.52 Å². The molecule has 0 atom stereocenters. The Morgan fingerprint density at radius 2 is 2.13 bits per heavy atom. The summed E-state index contributed by atoms with van der Waals surface area (Å²) in [5.41, 5.74) is 8.60. The Morgan fingerprint density at radius 1 is 1.40 bits per heavy atom. The van der Waals surface area contributed by atoms with E-state index in [1.165, 1.54) is 11.3 Å². The molecule has 0 aliphatic rings. The first-order chi connectivity index (χ1) is 7.13. The Labute approximate surface area is 92.3 Å². The predicted molar refractivity (Wildman–Crippen MR) is 64.9 cm³/mol. The molecule has 2 N–H and O–H groups in total. The van der Waals surface area contributed by atoms with Gasteiger partial charge >= 0.3 is 0 Å². The largest absolute Gasteiger partial charge is 0.473 e. The summed E-state index contributed by atoms with van der Waals surface area (Å²) in [5.74, 6) is 0. The number of nitrogen functional groups attached to an aromatic ring is 1. The number of aromatic nitrogens is 1. The van der Waals surface area contributed by atoms with E-state index in [1.807, 2.05) is 31.1 Å². The van der Waals surface area contributed by atoms with Crippen LogP contribution in [-0.2, 0) is 0 Å². The van der Waals surface area contributed by atoms with Crippen LogP contribution in [0.2, 0.25) is 0 Å². The topological polar surface area (TPSA) is 51.4 Å². The van der Waals surface area contributed by atoms with E-state index in [4.69, 9.17) is 10.5 Å². The number of ether oxygens (including phenoxy) is 1. The second-order valence-electron chi connectivity index (χ2n) is 3.43. The maximum Gasteiger partial charge on any atom is 0.274 e. The zero-order chi connectivity index (χ0) is 11.0. The van der Waals surface area contributed by atoms with Crippen LogP contribution in [0, 0.1) is 0 Å². The summed E-state index contributed by atoms with van der Waals surface area (Å²) in [5, 5.41) is 0.644. The van der Waals surface area contributed by atoms with Crippen molar-refractivity contribution >= 4 is 32.9 Å². The Bertz CT molecular complexity index is 493. The van der Waals surface area contributed by atoms with Gasteiger partial charge in [-0.2, -0.15) is 0 Å². The molecule has 1 aromatic carbocycles. The minimum Gasteiger partial charge on any atom is -0.473 e. The summed E-state index contributed by atoms with van der Waals surface area (Å²) < 4.78 is 6.11. The van der Waals surface area contributed by atoms with E-state index in [-0.39, 0.29) is 0 Å². The van der Waals surface area contributed by atoms with Crippen LogP contribution in [0.1, 0.15) is 0 Å². The third-order valence-corrected chi connectivity index (χ3v) is 3.26. The number of methoxy groups -OCH3 is 1. The van der Waals surface area contributed by atoms with E-state index < -0.39 is 0 Å². The molecule has 0 saturated carbocycles. The number of hydrogen-bond acceptors (Lipinski definition) is 5. The predicted octanol–water partition coefficient (Wildman–Crippen LogP) is 1.95. The first-order valence-electron chi connectivity index (χ1n) is 4.54.